The zero-order valence-electron chi connectivity index (χ0n) is 13.5. The fourth-order valence-electron chi connectivity index (χ4n) is 2.72. The summed E-state index contributed by atoms with van der Waals surface area (Å²) in [7, 11) is 1.39. The lowest BCUT2D eigenvalue weighted by Gasteiger charge is -2.33. The predicted molar refractivity (Wildman–Crippen MR) is 85.2 cm³/mol. The SMILES string of the molecule is COC(=O)C(C)CN(CCc1ccccc1)C(=O)C1CCC1. The Morgan fingerprint density at radius 2 is 1.95 bits per heavy atom. The van der Waals surface area contributed by atoms with Crippen molar-refractivity contribution in [3.8, 4) is 0 Å². The van der Waals surface area contributed by atoms with Crippen LogP contribution in [0.2, 0.25) is 0 Å². The maximum atomic E-state index is 12.6. The molecular formula is C18H25NO3. The molecular weight excluding hydrogens is 278 g/mol. The van der Waals surface area contributed by atoms with Crippen LogP contribution in [0.1, 0.15) is 31.7 Å². The summed E-state index contributed by atoms with van der Waals surface area (Å²) in [6.07, 6.45) is 3.91. The summed E-state index contributed by atoms with van der Waals surface area (Å²) in [6, 6.07) is 10.1. The molecule has 1 amide bonds. The van der Waals surface area contributed by atoms with Gasteiger partial charge in [0.15, 0.2) is 0 Å². The largest absolute Gasteiger partial charge is 0.469 e. The molecule has 0 radical (unpaired) electrons. The molecule has 4 nitrogen and oxygen atoms in total. The van der Waals surface area contributed by atoms with Crippen molar-refractivity contribution >= 4 is 11.9 Å². The highest BCUT2D eigenvalue weighted by molar-refractivity contribution is 5.80. The minimum Gasteiger partial charge on any atom is -0.469 e. The van der Waals surface area contributed by atoms with Crippen LogP contribution < -0.4 is 0 Å². The van der Waals surface area contributed by atoms with Gasteiger partial charge in [-0.1, -0.05) is 43.7 Å². The summed E-state index contributed by atoms with van der Waals surface area (Å²) in [5.74, 6) is -0.200. The van der Waals surface area contributed by atoms with Crippen molar-refractivity contribution in [2.75, 3.05) is 20.2 Å². The van der Waals surface area contributed by atoms with Crippen molar-refractivity contribution < 1.29 is 14.3 Å². The van der Waals surface area contributed by atoms with Crippen molar-refractivity contribution in [2.24, 2.45) is 11.8 Å². The van der Waals surface area contributed by atoms with Crippen molar-refractivity contribution in [1.82, 2.24) is 4.90 Å². The average Bonchev–Trinajstić information content (AvgIpc) is 2.49. The third-order valence-electron chi connectivity index (χ3n) is 4.38. The van der Waals surface area contributed by atoms with E-state index in [1.807, 2.05) is 30.0 Å². The normalized spacial score (nSPS) is 15.7. The Labute approximate surface area is 132 Å². The summed E-state index contributed by atoms with van der Waals surface area (Å²) in [6.45, 7) is 2.91. The second kappa shape index (κ2) is 7.97. The minimum absolute atomic E-state index is 0.153. The molecule has 1 aliphatic carbocycles. The highest BCUT2D eigenvalue weighted by Gasteiger charge is 2.31. The topological polar surface area (TPSA) is 46.6 Å². The number of esters is 1. The van der Waals surface area contributed by atoms with E-state index >= 15 is 0 Å². The quantitative estimate of drug-likeness (QED) is 0.728. The minimum atomic E-state index is -0.287. The lowest BCUT2D eigenvalue weighted by molar-refractivity contribution is -0.147. The number of carbonyl (C=O) groups is 2. The first-order valence-corrected chi connectivity index (χ1v) is 8.02. The lowest BCUT2D eigenvalue weighted by Crippen LogP contribution is -2.43. The Hall–Kier alpha value is -1.84. The van der Waals surface area contributed by atoms with Crippen LogP contribution in [0.3, 0.4) is 0 Å². The van der Waals surface area contributed by atoms with Gasteiger partial charge in [0.25, 0.3) is 0 Å². The molecule has 1 unspecified atom stereocenters. The second-order valence-corrected chi connectivity index (χ2v) is 6.07. The molecule has 0 spiro atoms. The second-order valence-electron chi connectivity index (χ2n) is 6.07. The zero-order chi connectivity index (χ0) is 15.9. The molecule has 120 valence electrons. The fourth-order valence-corrected chi connectivity index (χ4v) is 2.72. The Morgan fingerprint density at radius 3 is 2.50 bits per heavy atom. The van der Waals surface area contributed by atoms with E-state index in [2.05, 4.69) is 12.1 Å². The molecule has 1 aliphatic rings. The smallest absolute Gasteiger partial charge is 0.310 e. The molecule has 0 aliphatic heterocycles. The summed E-state index contributed by atoms with van der Waals surface area (Å²) in [5, 5.41) is 0. The molecule has 1 fully saturated rings. The van der Waals surface area contributed by atoms with Crippen molar-refractivity contribution in [2.45, 2.75) is 32.6 Å². The van der Waals surface area contributed by atoms with Gasteiger partial charge in [-0.05, 0) is 24.8 Å². The molecule has 1 saturated carbocycles. The molecule has 22 heavy (non-hydrogen) atoms. The Bertz CT molecular complexity index is 496. The van der Waals surface area contributed by atoms with Crippen LogP contribution in [-0.4, -0.2) is 37.0 Å². The van der Waals surface area contributed by atoms with Crippen LogP contribution in [0.4, 0.5) is 0 Å². The van der Waals surface area contributed by atoms with Gasteiger partial charge >= 0.3 is 5.97 Å². The zero-order valence-corrected chi connectivity index (χ0v) is 13.5. The van der Waals surface area contributed by atoms with E-state index < -0.39 is 0 Å². The first-order chi connectivity index (χ1) is 10.6. The molecule has 1 aromatic carbocycles. The predicted octanol–water partition coefficient (Wildman–Crippen LogP) is 2.67. The standard InChI is InChI=1S/C18H25NO3/c1-14(18(21)22-2)13-19(17(20)16-9-6-10-16)12-11-15-7-4-3-5-8-15/h3-5,7-8,14,16H,6,9-13H2,1-2H3. The number of rotatable bonds is 7. The van der Waals surface area contributed by atoms with Crippen molar-refractivity contribution in [1.29, 1.82) is 0 Å². The van der Waals surface area contributed by atoms with E-state index in [1.54, 1.807) is 0 Å². The molecule has 1 atom stereocenters. The van der Waals surface area contributed by atoms with Gasteiger partial charge in [0.2, 0.25) is 5.91 Å². The number of ether oxygens (including phenoxy) is 1. The Morgan fingerprint density at radius 1 is 1.27 bits per heavy atom. The summed E-state index contributed by atoms with van der Waals surface area (Å²) < 4.78 is 4.78. The van der Waals surface area contributed by atoms with Gasteiger partial charge in [-0.3, -0.25) is 9.59 Å². The van der Waals surface area contributed by atoms with Gasteiger partial charge in [0.05, 0.1) is 13.0 Å². The third kappa shape index (κ3) is 4.33. The highest BCUT2D eigenvalue weighted by Crippen LogP contribution is 2.28. The molecule has 4 heteroatoms. The van der Waals surface area contributed by atoms with E-state index in [9.17, 15) is 9.59 Å². The van der Waals surface area contributed by atoms with Gasteiger partial charge < -0.3 is 9.64 Å². The van der Waals surface area contributed by atoms with Crippen LogP contribution in [0, 0.1) is 11.8 Å². The van der Waals surface area contributed by atoms with E-state index in [4.69, 9.17) is 4.74 Å². The molecule has 2 rings (SSSR count). The van der Waals surface area contributed by atoms with Gasteiger partial charge in [0.1, 0.15) is 0 Å². The van der Waals surface area contributed by atoms with Gasteiger partial charge in [0, 0.05) is 19.0 Å². The van der Waals surface area contributed by atoms with Crippen LogP contribution in [0.5, 0.6) is 0 Å². The molecule has 0 bridgehead atoms. The van der Waals surface area contributed by atoms with Crippen LogP contribution in [0.25, 0.3) is 0 Å². The van der Waals surface area contributed by atoms with Gasteiger partial charge in [-0.25, -0.2) is 0 Å². The Balaban J connectivity index is 1.97. The van der Waals surface area contributed by atoms with Crippen LogP contribution in [-0.2, 0) is 20.7 Å². The molecule has 0 N–H and O–H groups in total. The number of methoxy groups -OCH3 is 1. The summed E-state index contributed by atoms with van der Waals surface area (Å²) in [4.78, 5) is 26.0. The number of carbonyl (C=O) groups excluding carboxylic acids is 2. The summed E-state index contributed by atoms with van der Waals surface area (Å²) >= 11 is 0. The third-order valence-corrected chi connectivity index (χ3v) is 4.38. The number of hydrogen-bond acceptors (Lipinski definition) is 3. The first kappa shape index (κ1) is 16.5. The number of benzene rings is 1. The number of hydrogen-bond donors (Lipinski definition) is 0. The number of nitrogens with zero attached hydrogens (tertiary/aromatic N) is 1. The molecule has 0 heterocycles. The fraction of sp³-hybridized carbons (Fsp3) is 0.556. The van der Waals surface area contributed by atoms with Gasteiger partial charge in [-0.15, -0.1) is 0 Å². The monoisotopic (exact) mass is 303 g/mol. The molecule has 0 saturated heterocycles. The lowest BCUT2D eigenvalue weighted by atomic mass is 9.84. The average molecular weight is 303 g/mol. The maximum Gasteiger partial charge on any atom is 0.310 e. The van der Waals surface area contributed by atoms with E-state index in [0.717, 1.165) is 25.7 Å². The molecule has 1 aromatic rings. The number of amides is 1. The maximum absolute atomic E-state index is 12.6. The first-order valence-electron chi connectivity index (χ1n) is 8.02. The van der Waals surface area contributed by atoms with E-state index in [1.165, 1.54) is 12.7 Å². The summed E-state index contributed by atoms with van der Waals surface area (Å²) in [5.41, 5.74) is 1.21. The van der Waals surface area contributed by atoms with Gasteiger partial charge in [-0.2, -0.15) is 0 Å². The van der Waals surface area contributed by atoms with E-state index in [-0.39, 0.29) is 23.7 Å². The van der Waals surface area contributed by atoms with Crippen molar-refractivity contribution in [3.63, 3.8) is 0 Å². The Kier molecular flexibility index (Phi) is 5.99. The van der Waals surface area contributed by atoms with Crippen molar-refractivity contribution in [3.05, 3.63) is 35.9 Å². The van der Waals surface area contributed by atoms with E-state index in [0.29, 0.717) is 13.1 Å². The highest BCUT2D eigenvalue weighted by atomic mass is 16.5. The van der Waals surface area contributed by atoms with Crippen LogP contribution in [0.15, 0.2) is 30.3 Å². The molecule has 0 aromatic heterocycles. The van der Waals surface area contributed by atoms with Crippen LogP contribution >= 0.6 is 0 Å².